The summed E-state index contributed by atoms with van der Waals surface area (Å²) in [6, 6.07) is 14.8. The summed E-state index contributed by atoms with van der Waals surface area (Å²) < 4.78 is 1.68. The highest BCUT2D eigenvalue weighted by Crippen LogP contribution is 2.28. The normalized spacial score (nSPS) is 11.0. The van der Waals surface area contributed by atoms with Crippen molar-refractivity contribution in [3.8, 4) is 0 Å². The second kappa shape index (κ2) is 5.26. The monoisotopic (exact) mass is 298 g/mol. The summed E-state index contributed by atoms with van der Waals surface area (Å²) in [5, 5.41) is 12.8. The third-order valence-corrected chi connectivity index (χ3v) is 4.49. The zero-order valence-corrected chi connectivity index (χ0v) is 12.6. The molecule has 3 aromatic rings. The molecule has 0 saturated heterocycles. The van der Waals surface area contributed by atoms with E-state index in [1.807, 2.05) is 43.3 Å². The quantitative estimate of drug-likeness (QED) is 0.678. The minimum Gasteiger partial charge on any atom is -0.805 e. The molecule has 0 atom stereocenters. The summed E-state index contributed by atoms with van der Waals surface area (Å²) in [7, 11) is 0. The van der Waals surface area contributed by atoms with Crippen molar-refractivity contribution in [3.05, 3.63) is 69.9 Å². The van der Waals surface area contributed by atoms with Crippen LogP contribution in [0.3, 0.4) is 0 Å². The van der Waals surface area contributed by atoms with Crippen molar-refractivity contribution in [1.29, 1.82) is 0 Å². The number of aryl methyl sites for hydroxylation is 1. The molecule has 0 fully saturated rings. The van der Waals surface area contributed by atoms with E-state index in [2.05, 4.69) is 0 Å². The van der Waals surface area contributed by atoms with Gasteiger partial charge in [-0.25, -0.2) is 0 Å². The van der Waals surface area contributed by atoms with Crippen molar-refractivity contribution in [3.63, 3.8) is 0 Å². The summed E-state index contributed by atoms with van der Waals surface area (Å²) in [6.07, 6.45) is 0. The average Bonchev–Trinajstić information content (AvgIpc) is 2.50. The second-order valence-corrected chi connectivity index (χ2v) is 5.95. The van der Waals surface area contributed by atoms with Crippen molar-refractivity contribution < 1.29 is 4.43 Å². The minimum absolute atomic E-state index is 0.389. The van der Waals surface area contributed by atoms with Crippen molar-refractivity contribution in [2.45, 2.75) is 23.8 Å². The first-order valence-electron chi connectivity index (χ1n) is 6.57. The lowest BCUT2D eigenvalue weighted by Crippen LogP contribution is -2.23. The molecular formula is C16H14N2O2S. The van der Waals surface area contributed by atoms with E-state index in [1.54, 1.807) is 19.1 Å². The maximum absolute atomic E-state index is 12.6. The maximum Gasteiger partial charge on any atom is 0.320 e. The van der Waals surface area contributed by atoms with E-state index in [0.717, 1.165) is 19.6 Å². The van der Waals surface area contributed by atoms with Gasteiger partial charge in [0, 0.05) is 15.9 Å². The molecule has 1 heterocycles. The fraction of sp³-hybridized carbons (Fsp3) is 0.125. The Morgan fingerprint density at radius 3 is 2.52 bits per heavy atom. The minimum atomic E-state index is 0.389. The van der Waals surface area contributed by atoms with Crippen LogP contribution < -0.4 is 4.43 Å². The molecule has 0 unspecified atom stereocenters. The molecule has 0 saturated carbocycles. The predicted octanol–water partition coefficient (Wildman–Crippen LogP) is 3.67. The lowest BCUT2D eigenvalue weighted by Gasteiger charge is -2.16. The van der Waals surface area contributed by atoms with Gasteiger partial charge in [-0.2, -0.15) is 0 Å². The summed E-state index contributed by atoms with van der Waals surface area (Å²) in [6.45, 7) is 3.57. The van der Waals surface area contributed by atoms with Gasteiger partial charge in [0.2, 0.25) is 0 Å². The number of nitrogens with zero attached hydrogens (tertiary/aromatic N) is 2. The van der Waals surface area contributed by atoms with E-state index in [-0.39, 0.29) is 0 Å². The first kappa shape index (κ1) is 13.7. The van der Waals surface area contributed by atoms with Gasteiger partial charge in [-0.15, -0.1) is 0 Å². The third-order valence-electron chi connectivity index (χ3n) is 3.32. The second-order valence-electron chi connectivity index (χ2n) is 4.89. The van der Waals surface area contributed by atoms with Crippen molar-refractivity contribution in [2.75, 3.05) is 0 Å². The molecule has 0 spiro atoms. The van der Waals surface area contributed by atoms with Gasteiger partial charge in [0.25, 0.3) is 5.52 Å². The van der Waals surface area contributed by atoms with Gasteiger partial charge in [0.05, 0.1) is 10.1 Å². The van der Waals surface area contributed by atoms with Gasteiger partial charge in [0.1, 0.15) is 5.52 Å². The maximum atomic E-state index is 12.6. The van der Waals surface area contributed by atoms with Gasteiger partial charge >= 0.3 is 5.03 Å². The highest BCUT2D eigenvalue weighted by Gasteiger charge is 2.21. The Morgan fingerprint density at radius 1 is 1.10 bits per heavy atom. The SMILES string of the molecule is Cc1ccc2c(c1)n([O-])c(C)c(Sc1ccccc1)[n+]2=O. The average molecular weight is 298 g/mol. The zero-order valence-electron chi connectivity index (χ0n) is 11.7. The summed E-state index contributed by atoms with van der Waals surface area (Å²) in [4.78, 5) is 13.5. The summed E-state index contributed by atoms with van der Waals surface area (Å²) >= 11 is 1.30. The molecule has 0 aliphatic heterocycles. The van der Waals surface area contributed by atoms with Crippen LogP contribution in [0.5, 0.6) is 0 Å². The van der Waals surface area contributed by atoms with E-state index < -0.39 is 0 Å². The van der Waals surface area contributed by atoms with E-state index in [0.29, 0.717) is 21.8 Å². The molecule has 2 aromatic carbocycles. The van der Waals surface area contributed by atoms with E-state index in [4.69, 9.17) is 0 Å². The number of hydrogen-bond donors (Lipinski definition) is 0. The van der Waals surface area contributed by atoms with Crippen LogP contribution in [-0.2, 0) is 0 Å². The van der Waals surface area contributed by atoms with Crippen LogP contribution in [0.4, 0.5) is 0 Å². The lowest BCUT2D eigenvalue weighted by molar-refractivity contribution is -0.510. The van der Waals surface area contributed by atoms with Crippen molar-refractivity contribution >= 4 is 22.8 Å². The zero-order chi connectivity index (χ0) is 15.0. The Morgan fingerprint density at radius 2 is 1.81 bits per heavy atom. The molecule has 5 heteroatoms. The Labute approximate surface area is 126 Å². The molecule has 0 amide bonds. The smallest absolute Gasteiger partial charge is 0.320 e. The van der Waals surface area contributed by atoms with Gasteiger partial charge in [0.15, 0.2) is 0 Å². The number of rotatable bonds is 2. The molecule has 0 aliphatic carbocycles. The highest BCUT2D eigenvalue weighted by atomic mass is 32.2. The van der Waals surface area contributed by atoms with Gasteiger partial charge in [-0.1, -0.05) is 24.3 Å². The Kier molecular flexibility index (Phi) is 3.43. The molecule has 0 N–H and O–H groups in total. The van der Waals surface area contributed by atoms with Gasteiger partial charge in [-0.05, 0) is 49.4 Å². The van der Waals surface area contributed by atoms with E-state index in [9.17, 15) is 10.1 Å². The first-order valence-corrected chi connectivity index (χ1v) is 7.38. The van der Waals surface area contributed by atoms with E-state index >= 15 is 0 Å². The van der Waals surface area contributed by atoms with Crippen molar-refractivity contribution in [2.24, 2.45) is 0 Å². The molecular weight excluding hydrogens is 284 g/mol. The van der Waals surface area contributed by atoms with Crippen LogP contribution >= 0.6 is 11.8 Å². The summed E-state index contributed by atoms with van der Waals surface area (Å²) in [5.74, 6) is 0. The topological polar surface area (TPSA) is 51.0 Å². The first-order chi connectivity index (χ1) is 10.1. The van der Waals surface area contributed by atoms with Crippen molar-refractivity contribution in [1.82, 2.24) is 4.73 Å². The third kappa shape index (κ3) is 2.40. The number of aromatic nitrogens is 2. The Hall–Kier alpha value is -2.27. The lowest BCUT2D eigenvalue weighted by atomic mass is 10.2. The molecule has 0 bridgehead atoms. The van der Waals surface area contributed by atoms with Crippen LogP contribution in [0.15, 0.2) is 58.5 Å². The predicted molar refractivity (Wildman–Crippen MR) is 84.1 cm³/mol. The number of hydrogen-bond acceptors (Lipinski definition) is 3. The molecule has 4 nitrogen and oxygen atoms in total. The molecule has 3 rings (SSSR count). The van der Waals surface area contributed by atoms with Crippen LogP contribution in [0.2, 0.25) is 0 Å². The van der Waals surface area contributed by atoms with E-state index in [1.165, 1.54) is 11.8 Å². The molecule has 0 aliphatic rings. The largest absolute Gasteiger partial charge is 0.805 e. The van der Waals surface area contributed by atoms with Gasteiger partial charge in [-0.3, -0.25) is 0 Å². The fourth-order valence-electron chi connectivity index (χ4n) is 2.21. The Balaban J connectivity index is 2.24. The number of benzene rings is 2. The Bertz CT molecular complexity index is 873. The molecule has 0 radical (unpaired) electrons. The summed E-state index contributed by atoms with van der Waals surface area (Å²) in [5.41, 5.74) is 2.16. The fourth-order valence-corrected chi connectivity index (χ4v) is 3.14. The standard InChI is InChI=1S/C16H14N2O2S/c1-11-8-9-14-15(10-11)17(19)12(2)16(18(14)20)21-13-6-4-3-5-7-13/h3-10H,1-2H3. The van der Waals surface area contributed by atoms with Crippen LogP contribution in [0, 0.1) is 24.0 Å². The molecule has 106 valence electrons. The van der Waals surface area contributed by atoms with Crippen LogP contribution in [0.25, 0.3) is 11.0 Å². The molecule has 1 aromatic heterocycles. The van der Waals surface area contributed by atoms with Crippen LogP contribution in [-0.4, -0.2) is 4.73 Å². The van der Waals surface area contributed by atoms with Crippen LogP contribution in [0.1, 0.15) is 11.3 Å². The highest BCUT2D eigenvalue weighted by molar-refractivity contribution is 7.99. The number of fused-ring (bicyclic) bond motifs is 1. The van der Waals surface area contributed by atoms with Gasteiger partial charge < -0.3 is 9.94 Å². The molecule has 21 heavy (non-hydrogen) atoms.